The van der Waals surface area contributed by atoms with Crippen molar-refractivity contribution in [2.45, 2.75) is 44.1 Å². The highest BCUT2D eigenvalue weighted by atomic mass is 35.5. The van der Waals surface area contributed by atoms with Crippen LogP contribution in [0, 0.1) is 0 Å². The van der Waals surface area contributed by atoms with E-state index in [9.17, 15) is 0 Å². The van der Waals surface area contributed by atoms with Gasteiger partial charge in [0, 0.05) is 17.6 Å². The van der Waals surface area contributed by atoms with Crippen LogP contribution in [0.4, 0.5) is 0 Å². The van der Waals surface area contributed by atoms with Gasteiger partial charge < -0.3 is 9.47 Å². The van der Waals surface area contributed by atoms with Gasteiger partial charge in [0.1, 0.15) is 0 Å². The van der Waals surface area contributed by atoms with Crippen molar-refractivity contribution in [2.75, 3.05) is 19.9 Å². The summed E-state index contributed by atoms with van der Waals surface area (Å²) in [5, 5.41) is 0. The van der Waals surface area contributed by atoms with Gasteiger partial charge in [-0.2, -0.15) is 0 Å². The second kappa shape index (κ2) is 6.79. The average Bonchev–Trinajstić information content (AvgIpc) is 3.32. The van der Waals surface area contributed by atoms with Gasteiger partial charge in [0.25, 0.3) is 0 Å². The summed E-state index contributed by atoms with van der Waals surface area (Å²) in [5.41, 5.74) is 4.43. The van der Waals surface area contributed by atoms with Crippen molar-refractivity contribution < 1.29 is 9.47 Å². The first-order valence-corrected chi connectivity index (χ1v) is 9.48. The second-order valence-corrected chi connectivity index (χ2v) is 7.80. The minimum Gasteiger partial charge on any atom is -0.454 e. The number of hydrogen-bond acceptors (Lipinski definition) is 3. The van der Waals surface area contributed by atoms with Crippen molar-refractivity contribution in [3.05, 3.63) is 59.2 Å². The van der Waals surface area contributed by atoms with Crippen LogP contribution in [0.1, 0.15) is 48.8 Å². The van der Waals surface area contributed by atoms with Crippen molar-refractivity contribution in [3.8, 4) is 11.5 Å². The third kappa shape index (κ3) is 2.69. The molecule has 2 unspecified atom stereocenters. The van der Waals surface area contributed by atoms with Crippen LogP contribution in [-0.2, 0) is 12.0 Å². The van der Waals surface area contributed by atoms with Gasteiger partial charge in [-0.25, -0.2) is 0 Å². The molecule has 5 rings (SSSR count). The van der Waals surface area contributed by atoms with Gasteiger partial charge in [0.05, 0.1) is 0 Å². The predicted octanol–water partition coefficient (Wildman–Crippen LogP) is 4.88. The van der Waals surface area contributed by atoms with Crippen LogP contribution in [0.3, 0.4) is 0 Å². The van der Waals surface area contributed by atoms with Gasteiger partial charge >= 0.3 is 0 Å². The molecule has 26 heavy (non-hydrogen) atoms. The number of halogens is 1. The summed E-state index contributed by atoms with van der Waals surface area (Å²) in [6, 6.07) is 15.4. The van der Waals surface area contributed by atoms with E-state index in [-0.39, 0.29) is 17.9 Å². The SMILES string of the molecule is CC1(N2CCC(c3ccccc3)C2)CCCc2c1ccc1c2OCO1.Cl. The van der Waals surface area contributed by atoms with Gasteiger partial charge in [0.15, 0.2) is 11.5 Å². The van der Waals surface area contributed by atoms with E-state index in [0.29, 0.717) is 12.7 Å². The minimum atomic E-state index is 0. The predicted molar refractivity (Wildman–Crippen MR) is 105 cm³/mol. The lowest BCUT2D eigenvalue weighted by molar-refractivity contribution is 0.110. The average molecular weight is 372 g/mol. The fraction of sp³-hybridized carbons (Fsp3) is 0.455. The van der Waals surface area contributed by atoms with E-state index in [1.165, 1.54) is 42.5 Å². The first-order valence-electron chi connectivity index (χ1n) is 9.48. The molecular weight excluding hydrogens is 346 g/mol. The molecule has 2 aromatic carbocycles. The lowest BCUT2D eigenvalue weighted by atomic mass is 9.76. The van der Waals surface area contributed by atoms with Crippen LogP contribution in [0.5, 0.6) is 11.5 Å². The molecule has 2 aromatic rings. The smallest absolute Gasteiger partial charge is 0.231 e. The Morgan fingerprint density at radius 2 is 1.92 bits per heavy atom. The number of ether oxygens (including phenoxy) is 2. The molecule has 0 saturated carbocycles. The second-order valence-electron chi connectivity index (χ2n) is 7.80. The molecule has 2 aliphatic heterocycles. The molecule has 0 N–H and O–H groups in total. The molecule has 0 aromatic heterocycles. The monoisotopic (exact) mass is 371 g/mol. The van der Waals surface area contributed by atoms with Crippen LogP contribution in [0.25, 0.3) is 0 Å². The van der Waals surface area contributed by atoms with Crippen molar-refractivity contribution >= 4 is 12.4 Å². The Morgan fingerprint density at radius 1 is 1.08 bits per heavy atom. The van der Waals surface area contributed by atoms with Crippen LogP contribution >= 0.6 is 12.4 Å². The third-order valence-electron chi connectivity index (χ3n) is 6.47. The lowest BCUT2D eigenvalue weighted by Crippen LogP contribution is -2.44. The Hall–Kier alpha value is -1.71. The molecule has 3 nitrogen and oxygen atoms in total. The highest BCUT2D eigenvalue weighted by molar-refractivity contribution is 5.85. The van der Waals surface area contributed by atoms with E-state index in [2.05, 4.69) is 54.3 Å². The van der Waals surface area contributed by atoms with E-state index in [1.807, 2.05) is 0 Å². The zero-order valence-electron chi connectivity index (χ0n) is 15.2. The van der Waals surface area contributed by atoms with Gasteiger partial charge in [0.2, 0.25) is 6.79 Å². The summed E-state index contributed by atoms with van der Waals surface area (Å²) in [6.07, 6.45) is 4.80. The Morgan fingerprint density at radius 3 is 2.77 bits per heavy atom. The molecule has 1 saturated heterocycles. The summed E-state index contributed by atoms with van der Waals surface area (Å²) in [5.74, 6) is 2.58. The maximum absolute atomic E-state index is 5.80. The Kier molecular flexibility index (Phi) is 4.62. The number of nitrogens with zero attached hydrogens (tertiary/aromatic N) is 1. The summed E-state index contributed by atoms with van der Waals surface area (Å²) in [4.78, 5) is 2.71. The molecule has 0 radical (unpaired) electrons. The molecule has 1 fully saturated rings. The molecule has 1 aliphatic carbocycles. The van der Waals surface area contributed by atoms with E-state index in [4.69, 9.17) is 9.47 Å². The largest absolute Gasteiger partial charge is 0.454 e. The molecule has 0 spiro atoms. The lowest BCUT2D eigenvalue weighted by Gasteiger charge is -2.43. The van der Waals surface area contributed by atoms with Crippen molar-refractivity contribution in [1.82, 2.24) is 4.90 Å². The summed E-state index contributed by atoms with van der Waals surface area (Å²) < 4.78 is 11.4. The highest BCUT2D eigenvalue weighted by Gasteiger charge is 2.42. The summed E-state index contributed by atoms with van der Waals surface area (Å²) >= 11 is 0. The van der Waals surface area contributed by atoms with Crippen molar-refractivity contribution in [3.63, 3.8) is 0 Å². The fourth-order valence-electron chi connectivity index (χ4n) is 5.06. The van der Waals surface area contributed by atoms with Gasteiger partial charge in [-0.15, -0.1) is 12.4 Å². The number of rotatable bonds is 2. The van der Waals surface area contributed by atoms with E-state index in [1.54, 1.807) is 0 Å². The number of fused-ring (bicyclic) bond motifs is 3. The third-order valence-corrected chi connectivity index (χ3v) is 6.47. The van der Waals surface area contributed by atoms with E-state index in [0.717, 1.165) is 24.5 Å². The van der Waals surface area contributed by atoms with Crippen LogP contribution in [0.2, 0.25) is 0 Å². The number of benzene rings is 2. The Balaban J connectivity index is 0.00000168. The van der Waals surface area contributed by atoms with Gasteiger partial charge in [-0.05, 0) is 62.3 Å². The molecule has 2 heterocycles. The standard InChI is InChI=1S/C22H25NO2.ClH/c1-22(23-13-11-17(14-23)16-6-3-2-4-7-16)12-5-8-18-19(22)9-10-20-21(18)25-15-24-20;/h2-4,6-7,9-10,17H,5,8,11-15H2,1H3;1H. The fourth-order valence-corrected chi connectivity index (χ4v) is 5.06. The molecule has 4 heteroatoms. The van der Waals surface area contributed by atoms with Crippen molar-refractivity contribution in [2.24, 2.45) is 0 Å². The van der Waals surface area contributed by atoms with Gasteiger partial charge in [-0.1, -0.05) is 36.4 Å². The molecule has 0 amide bonds. The number of likely N-dealkylation sites (tertiary alicyclic amines) is 1. The normalized spacial score (nSPS) is 27.0. The van der Waals surface area contributed by atoms with Crippen LogP contribution in [-0.4, -0.2) is 24.8 Å². The van der Waals surface area contributed by atoms with Crippen LogP contribution in [0.15, 0.2) is 42.5 Å². The molecule has 3 aliphatic rings. The molecular formula is C22H26ClNO2. The van der Waals surface area contributed by atoms with Crippen LogP contribution < -0.4 is 9.47 Å². The maximum atomic E-state index is 5.80. The van der Waals surface area contributed by atoms with Crippen molar-refractivity contribution in [1.29, 1.82) is 0 Å². The minimum absolute atomic E-state index is 0. The van der Waals surface area contributed by atoms with E-state index >= 15 is 0 Å². The Bertz CT molecular complexity index is 794. The number of hydrogen-bond donors (Lipinski definition) is 0. The molecule has 2 atom stereocenters. The molecule has 0 bridgehead atoms. The highest BCUT2D eigenvalue weighted by Crippen LogP contribution is 2.49. The molecule has 138 valence electrons. The van der Waals surface area contributed by atoms with E-state index < -0.39 is 0 Å². The van der Waals surface area contributed by atoms with Gasteiger partial charge in [-0.3, -0.25) is 4.90 Å². The maximum Gasteiger partial charge on any atom is 0.231 e. The summed E-state index contributed by atoms with van der Waals surface area (Å²) in [6.45, 7) is 5.11. The zero-order valence-corrected chi connectivity index (χ0v) is 16.1. The quantitative estimate of drug-likeness (QED) is 0.751. The summed E-state index contributed by atoms with van der Waals surface area (Å²) in [7, 11) is 0. The topological polar surface area (TPSA) is 21.7 Å². The Labute approximate surface area is 161 Å². The zero-order chi connectivity index (χ0) is 16.9. The first-order chi connectivity index (χ1) is 12.3. The first kappa shape index (κ1) is 17.7.